The summed E-state index contributed by atoms with van der Waals surface area (Å²) in [6.07, 6.45) is 5.73. The van der Waals surface area contributed by atoms with Crippen molar-refractivity contribution in [3.05, 3.63) is 67.3 Å². The van der Waals surface area contributed by atoms with Gasteiger partial charge in [-0.2, -0.15) is 0 Å². The van der Waals surface area contributed by atoms with E-state index < -0.39 is 16.1 Å². The fraction of sp³-hybridized carbons (Fsp3) is 0.286. The van der Waals surface area contributed by atoms with E-state index in [9.17, 15) is 13.5 Å². The molecule has 1 heterocycles. The minimum Gasteiger partial charge on any atom is -0.492 e. The second-order valence-corrected chi connectivity index (χ2v) is 8.63. The number of rotatable bonds is 12. The number of ether oxygens (including phenoxy) is 2. The van der Waals surface area contributed by atoms with Crippen molar-refractivity contribution in [3.8, 4) is 17.2 Å². The molecule has 0 aliphatic carbocycles. The third kappa shape index (κ3) is 8.75. The largest absolute Gasteiger partial charge is 0.492 e. The Labute approximate surface area is 193 Å². The third-order valence-electron chi connectivity index (χ3n) is 4.17. The number of benzene rings is 2. The van der Waals surface area contributed by atoms with Gasteiger partial charge >= 0.3 is 0 Å². The molecule has 0 aliphatic rings. The molecule has 0 radical (unpaired) electrons. The van der Waals surface area contributed by atoms with Gasteiger partial charge < -0.3 is 24.5 Å². The molecule has 174 valence electrons. The summed E-state index contributed by atoms with van der Waals surface area (Å²) in [5, 5.41) is 13.1. The highest BCUT2D eigenvalue weighted by molar-refractivity contribution is 7.92. The van der Waals surface area contributed by atoms with Crippen LogP contribution < -0.4 is 19.5 Å². The quantitative estimate of drug-likeness (QED) is 0.338. The summed E-state index contributed by atoms with van der Waals surface area (Å²) >= 11 is 0. The minimum absolute atomic E-state index is 0. The monoisotopic (exact) mass is 482 g/mol. The lowest BCUT2D eigenvalue weighted by Gasteiger charge is -2.14. The number of sulfonamides is 1. The molecule has 0 saturated carbocycles. The number of halogens is 1. The molecule has 3 aromatic rings. The third-order valence-corrected chi connectivity index (χ3v) is 4.77. The topological polar surface area (TPSA) is 115 Å². The lowest BCUT2D eigenvalue weighted by Crippen LogP contribution is -2.33. The Balaban J connectivity index is 0.00000363. The van der Waals surface area contributed by atoms with E-state index in [0.717, 1.165) is 17.7 Å². The van der Waals surface area contributed by atoms with Gasteiger partial charge in [-0.3, -0.25) is 4.72 Å². The van der Waals surface area contributed by atoms with Crippen LogP contribution in [0.3, 0.4) is 0 Å². The SMILES string of the molecule is CS(=O)(=O)Nc1ccc(OC[C@@H](O)CNCCOc2ccc(-n3ccnc3)cc2)cc1.Cl. The first-order chi connectivity index (χ1) is 14.9. The van der Waals surface area contributed by atoms with Gasteiger partial charge in [-0.25, -0.2) is 13.4 Å². The molecule has 0 amide bonds. The predicted molar refractivity (Wildman–Crippen MR) is 126 cm³/mol. The molecular formula is C21H27ClN4O5S. The standard InChI is InChI=1S/C21H26N4O5S.ClH/c1-31(27,28)24-17-2-6-21(7-3-17)30-15-19(26)14-22-11-13-29-20-8-4-18(5-9-20)25-12-10-23-16-25;/h2-10,12,16,19,22,24,26H,11,13-15H2,1H3;1H/t19-;/m0./s1. The summed E-state index contributed by atoms with van der Waals surface area (Å²) < 4.78 is 37.9. The number of imidazole rings is 1. The zero-order chi connectivity index (χ0) is 22.1. The molecule has 9 nitrogen and oxygen atoms in total. The fourth-order valence-electron chi connectivity index (χ4n) is 2.72. The fourth-order valence-corrected chi connectivity index (χ4v) is 3.28. The Morgan fingerprint density at radius 2 is 1.72 bits per heavy atom. The summed E-state index contributed by atoms with van der Waals surface area (Å²) in [5.41, 5.74) is 1.46. The average Bonchev–Trinajstić information content (AvgIpc) is 3.27. The molecule has 0 spiro atoms. The normalized spacial score (nSPS) is 11.9. The highest BCUT2D eigenvalue weighted by Crippen LogP contribution is 2.17. The second-order valence-electron chi connectivity index (χ2n) is 6.88. The molecule has 0 fully saturated rings. The van der Waals surface area contributed by atoms with Crippen LogP contribution in [0, 0.1) is 0 Å². The van der Waals surface area contributed by atoms with Gasteiger partial charge in [-0.15, -0.1) is 12.4 Å². The van der Waals surface area contributed by atoms with Gasteiger partial charge in [0.1, 0.15) is 30.8 Å². The molecule has 3 N–H and O–H groups in total. The van der Waals surface area contributed by atoms with Gasteiger partial charge in [0, 0.05) is 36.9 Å². The summed E-state index contributed by atoms with van der Waals surface area (Å²) in [5.74, 6) is 1.31. The number of aromatic nitrogens is 2. The molecule has 1 atom stereocenters. The van der Waals surface area contributed by atoms with Crippen LogP contribution in [-0.4, -0.2) is 61.7 Å². The van der Waals surface area contributed by atoms with Crippen LogP contribution in [0.5, 0.6) is 11.5 Å². The van der Waals surface area contributed by atoms with Crippen molar-refractivity contribution in [2.45, 2.75) is 6.10 Å². The first-order valence-corrected chi connectivity index (χ1v) is 11.6. The zero-order valence-electron chi connectivity index (χ0n) is 17.5. The summed E-state index contributed by atoms with van der Waals surface area (Å²) in [7, 11) is -3.31. The lowest BCUT2D eigenvalue weighted by atomic mass is 10.3. The number of anilines is 1. The molecule has 0 saturated heterocycles. The van der Waals surface area contributed by atoms with Crippen LogP contribution >= 0.6 is 12.4 Å². The molecule has 2 aromatic carbocycles. The molecule has 0 unspecified atom stereocenters. The van der Waals surface area contributed by atoms with Crippen molar-refractivity contribution < 1.29 is 23.0 Å². The van der Waals surface area contributed by atoms with E-state index in [1.165, 1.54) is 0 Å². The van der Waals surface area contributed by atoms with Crippen LogP contribution in [-0.2, 0) is 10.0 Å². The zero-order valence-corrected chi connectivity index (χ0v) is 19.2. The first-order valence-electron chi connectivity index (χ1n) is 9.70. The maximum Gasteiger partial charge on any atom is 0.229 e. The van der Waals surface area contributed by atoms with Gasteiger partial charge in [0.05, 0.1) is 12.6 Å². The second kappa shape index (κ2) is 12.3. The van der Waals surface area contributed by atoms with Crippen LogP contribution in [0.4, 0.5) is 5.69 Å². The molecule has 3 rings (SSSR count). The van der Waals surface area contributed by atoms with Crippen molar-refractivity contribution in [2.24, 2.45) is 0 Å². The van der Waals surface area contributed by atoms with Crippen molar-refractivity contribution in [3.63, 3.8) is 0 Å². The molecular weight excluding hydrogens is 456 g/mol. The molecule has 1 aromatic heterocycles. The number of nitrogens with one attached hydrogen (secondary N) is 2. The Kier molecular flexibility index (Phi) is 9.79. The van der Waals surface area contributed by atoms with Crippen LogP contribution in [0.15, 0.2) is 67.3 Å². The predicted octanol–water partition coefficient (Wildman–Crippen LogP) is 2.07. The van der Waals surface area contributed by atoms with Crippen molar-refractivity contribution in [1.82, 2.24) is 14.9 Å². The van der Waals surface area contributed by atoms with Crippen LogP contribution in [0.1, 0.15) is 0 Å². The maximum absolute atomic E-state index is 11.2. The average molecular weight is 483 g/mol. The highest BCUT2D eigenvalue weighted by atomic mass is 35.5. The van der Waals surface area contributed by atoms with E-state index >= 15 is 0 Å². The van der Waals surface area contributed by atoms with Gasteiger partial charge in [-0.05, 0) is 48.5 Å². The van der Waals surface area contributed by atoms with E-state index in [4.69, 9.17) is 9.47 Å². The number of aliphatic hydroxyl groups is 1. The molecule has 11 heteroatoms. The first kappa shape index (κ1) is 25.5. The Morgan fingerprint density at radius 3 is 2.34 bits per heavy atom. The minimum atomic E-state index is -3.31. The maximum atomic E-state index is 11.2. The van der Waals surface area contributed by atoms with E-state index in [2.05, 4.69) is 15.0 Å². The molecule has 32 heavy (non-hydrogen) atoms. The van der Waals surface area contributed by atoms with Crippen molar-refractivity contribution in [1.29, 1.82) is 0 Å². The van der Waals surface area contributed by atoms with Crippen molar-refractivity contribution >= 4 is 28.1 Å². The van der Waals surface area contributed by atoms with E-state index in [-0.39, 0.29) is 19.0 Å². The van der Waals surface area contributed by atoms with Crippen LogP contribution in [0.2, 0.25) is 0 Å². The summed E-state index contributed by atoms with van der Waals surface area (Å²) in [6, 6.07) is 14.2. The van der Waals surface area contributed by atoms with E-state index in [1.807, 2.05) is 35.0 Å². The van der Waals surface area contributed by atoms with Gasteiger partial charge in [0.15, 0.2) is 0 Å². The van der Waals surface area contributed by atoms with Gasteiger partial charge in [-0.1, -0.05) is 0 Å². The van der Waals surface area contributed by atoms with Gasteiger partial charge in [0.25, 0.3) is 0 Å². The molecule has 0 bridgehead atoms. The number of nitrogens with zero attached hydrogens (tertiary/aromatic N) is 2. The van der Waals surface area contributed by atoms with Crippen LogP contribution in [0.25, 0.3) is 5.69 Å². The summed E-state index contributed by atoms with van der Waals surface area (Å²) in [6.45, 7) is 1.51. The Morgan fingerprint density at radius 1 is 1.06 bits per heavy atom. The molecule has 0 aliphatic heterocycles. The van der Waals surface area contributed by atoms with E-state index in [1.54, 1.807) is 36.8 Å². The smallest absolute Gasteiger partial charge is 0.229 e. The summed E-state index contributed by atoms with van der Waals surface area (Å²) in [4.78, 5) is 4.02. The number of aliphatic hydroxyl groups excluding tert-OH is 1. The number of hydrogen-bond acceptors (Lipinski definition) is 7. The van der Waals surface area contributed by atoms with Crippen molar-refractivity contribution in [2.75, 3.05) is 37.3 Å². The van der Waals surface area contributed by atoms with E-state index in [0.29, 0.717) is 31.1 Å². The highest BCUT2D eigenvalue weighted by Gasteiger charge is 2.06. The lowest BCUT2D eigenvalue weighted by molar-refractivity contribution is 0.105. The Bertz CT molecular complexity index is 1030. The van der Waals surface area contributed by atoms with Gasteiger partial charge in [0.2, 0.25) is 10.0 Å². The Hall–Kier alpha value is -2.79. The number of hydrogen-bond donors (Lipinski definition) is 3.